The molecule has 0 aromatic carbocycles. The molecule has 0 radical (unpaired) electrons. The molecule has 3 unspecified atom stereocenters. The third-order valence-electron chi connectivity index (χ3n) is 4.25. The number of rotatable bonds is 6. The maximum Gasteiger partial charge on any atom is 0.0627 e. The molecular formula is C10H27N3Si. The second kappa shape index (κ2) is 5.85. The van der Waals surface area contributed by atoms with Gasteiger partial charge in [-0.3, -0.25) is 0 Å². The molecule has 14 heavy (non-hydrogen) atoms. The van der Waals surface area contributed by atoms with E-state index in [1.807, 2.05) is 0 Å². The molecule has 0 spiro atoms. The minimum absolute atomic E-state index is 0.597. The molecule has 0 heterocycles. The van der Waals surface area contributed by atoms with E-state index in [4.69, 9.17) is 17.2 Å². The van der Waals surface area contributed by atoms with Gasteiger partial charge in [0.15, 0.2) is 0 Å². The molecule has 6 N–H and O–H groups in total. The Kier molecular flexibility index (Phi) is 5.89. The summed E-state index contributed by atoms with van der Waals surface area (Å²) >= 11 is 0. The van der Waals surface area contributed by atoms with Gasteiger partial charge in [-0.05, 0) is 36.3 Å². The van der Waals surface area contributed by atoms with Gasteiger partial charge in [-0.2, -0.15) is 0 Å². The first-order valence-corrected chi connectivity index (χ1v) is 8.28. The number of hydrogen-bond donors (Lipinski definition) is 3. The summed E-state index contributed by atoms with van der Waals surface area (Å²) in [4.78, 5) is 0. The minimum atomic E-state index is -1.43. The highest BCUT2D eigenvalue weighted by atomic mass is 28.3. The van der Waals surface area contributed by atoms with Crippen LogP contribution in [0.1, 0.15) is 20.8 Å². The highest BCUT2D eigenvalue weighted by Crippen LogP contribution is 2.40. The SMILES string of the molecule is CC(CN)[Si](C)(C(C)CN)C(C)CN. The van der Waals surface area contributed by atoms with Crippen LogP contribution < -0.4 is 17.2 Å². The zero-order valence-corrected chi connectivity index (χ0v) is 11.1. The van der Waals surface area contributed by atoms with Gasteiger partial charge in [-0.1, -0.05) is 27.3 Å². The summed E-state index contributed by atoms with van der Waals surface area (Å²) in [5, 5.41) is 0. The maximum atomic E-state index is 5.80. The molecule has 0 aliphatic carbocycles. The zero-order valence-electron chi connectivity index (χ0n) is 10.1. The first-order valence-electron chi connectivity index (χ1n) is 5.55. The van der Waals surface area contributed by atoms with Gasteiger partial charge >= 0.3 is 0 Å². The van der Waals surface area contributed by atoms with Gasteiger partial charge in [-0.15, -0.1) is 0 Å². The second-order valence-corrected chi connectivity index (χ2v) is 10.5. The van der Waals surface area contributed by atoms with Crippen LogP contribution >= 0.6 is 0 Å². The third-order valence-corrected chi connectivity index (χ3v) is 11.3. The lowest BCUT2D eigenvalue weighted by Gasteiger charge is -2.43. The summed E-state index contributed by atoms with van der Waals surface area (Å²) in [6.07, 6.45) is 0. The summed E-state index contributed by atoms with van der Waals surface area (Å²) < 4.78 is 0. The minimum Gasteiger partial charge on any atom is -0.330 e. The van der Waals surface area contributed by atoms with E-state index in [2.05, 4.69) is 27.3 Å². The molecular weight excluding hydrogens is 190 g/mol. The molecule has 0 saturated carbocycles. The van der Waals surface area contributed by atoms with E-state index in [-0.39, 0.29) is 0 Å². The average molecular weight is 217 g/mol. The van der Waals surface area contributed by atoms with E-state index in [0.29, 0.717) is 16.6 Å². The van der Waals surface area contributed by atoms with E-state index in [0.717, 1.165) is 19.6 Å². The van der Waals surface area contributed by atoms with Gasteiger partial charge in [0.25, 0.3) is 0 Å². The second-order valence-electron chi connectivity index (χ2n) is 4.78. The molecule has 3 nitrogen and oxygen atoms in total. The van der Waals surface area contributed by atoms with Gasteiger partial charge in [0.1, 0.15) is 0 Å². The fourth-order valence-corrected chi connectivity index (χ4v) is 6.66. The van der Waals surface area contributed by atoms with E-state index in [1.54, 1.807) is 0 Å². The van der Waals surface area contributed by atoms with Crippen molar-refractivity contribution >= 4 is 8.07 Å². The highest BCUT2D eigenvalue weighted by molar-refractivity contribution is 6.82. The van der Waals surface area contributed by atoms with Gasteiger partial charge in [0, 0.05) is 0 Å². The molecule has 0 fully saturated rings. The van der Waals surface area contributed by atoms with Crippen molar-refractivity contribution in [3.05, 3.63) is 0 Å². The van der Waals surface area contributed by atoms with Crippen molar-refractivity contribution in [2.75, 3.05) is 19.6 Å². The topological polar surface area (TPSA) is 78.1 Å². The standard InChI is InChI=1S/C10H27N3Si/c1-8(5-11)14(4,9(2)6-12)10(3)7-13/h8-10H,5-7,11-13H2,1-4H3. The third kappa shape index (κ3) is 2.57. The Bertz CT molecular complexity index is 137. The Morgan fingerprint density at radius 1 is 0.786 bits per heavy atom. The van der Waals surface area contributed by atoms with Gasteiger partial charge in [-0.25, -0.2) is 0 Å². The first-order chi connectivity index (χ1) is 6.44. The van der Waals surface area contributed by atoms with E-state index >= 15 is 0 Å². The van der Waals surface area contributed by atoms with Crippen LogP contribution in [0.5, 0.6) is 0 Å². The summed E-state index contributed by atoms with van der Waals surface area (Å²) in [5.41, 5.74) is 19.2. The maximum absolute atomic E-state index is 5.80. The fourth-order valence-electron chi connectivity index (χ4n) is 2.22. The van der Waals surface area contributed by atoms with Gasteiger partial charge in [0.2, 0.25) is 0 Å². The Labute approximate surface area is 89.4 Å². The molecule has 0 aromatic heterocycles. The fraction of sp³-hybridized carbons (Fsp3) is 1.00. The normalized spacial score (nSPS) is 22.5. The molecule has 3 atom stereocenters. The van der Waals surface area contributed by atoms with Crippen molar-refractivity contribution in [3.63, 3.8) is 0 Å². The molecule has 0 bridgehead atoms. The lowest BCUT2D eigenvalue weighted by Crippen LogP contribution is -2.50. The van der Waals surface area contributed by atoms with Crippen LogP contribution in [0.3, 0.4) is 0 Å². The van der Waals surface area contributed by atoms with Crippen molar-refractivity contribution in [2.24, 2.45) is 17.2 Å². The first kappa shape index (κ1) is 14.1. The Balaban J connectivity index is 4.83. The molecule has 0 rings (SSSR count). The lowest BCUT2D eigenvalue weighted by atomic mass is 10.4. The van der Waals surface area contributed by atoms with Crippen molar-refractivity contribution in [2.45, 2.75) is 43.9 Å². The monoisotopic (exact) mass is 217 g/mol. The summed E-state index contributed by atoms with van der Waals surface area (Å²) in [7, 11) is -1.43. The smallest absolute Gasteiger partial charge is 0.0627 e. The van der Waals surface area contributed by atoms with Crippen LogP contribution in [0.25, 0.3) is 0 Å². The van der Waals surface area contributed by atoms with E-state index in [9.17, 15) is 0 Å². The Morgan fingerprint density at radius 3 is 1.14 bits per heavy atom. The van der Waals surface area contributed by atoms with Crippen molar-refractivity contribution in [1.82, 2.24) is 0 Å². The zero-order chi connectivity index (χ0) is 11.4. The van der Waals surface area contributed by atoms with Crippen LogP contribution in [-0.2, 0) is 0 Å². The highest BCUT2D eigenvalue weighted by Gasteiger charge is 2.41. The molecule has 0 aliphatic rings. The lowest BCUT2D eigenvalue weighted by molar-refractivity contribution is 0.733. The van der Waals surface area contributed by atoms with Crippen LogP contribution in [0.15, 0.2) is 0 Å². The van der Waals surface area contributed by atoms with Crippen LogP contribution in [0.4, 0.5) is 0 Å². The van der Waals surface area contributed by atoms with Crippen LogP contribution in [-0.4, -0.2) is 27.7 Å². The quantitative estimate of drug-likeness (QED) is 0.583. The van der Waals surface area contributed by atoms with E-state index in [1.165, 1.54) is 0 Å². The van der Waals surface area contributed by atoms with E-state index < -0.39 is 8.07 Å². The molecule has 86 valence electrons. The van der Waals surface area contributed by atoms with Crippen molar-refractivity contribution in [3.8, 4) is 0 Å². The van der Waals surface area contributed by atoms with Gasteiger partial charge in [0.05, 0.1) is 8.07 Å². The van der Waals surface area contributed by atoms with Crippen LogP contribution in [0, 0.1) is 0 Å². The largest absolute Gasteiger partial charge is 0.330 e. The molecule has 0 amide bonds. The summed E-state index contributed by atoms with van der Waals surface area (Å²) in [6, 6.07) is 0. The van der Waals surface area contributed by atoms with Crippen molar-refractivity contribution in [1.29, 1.82) is 0 Å². The number of nitrogens with two attached hydrogens (primary N) is 3. The molecule has 0 saturated heterocycles. The predicted octanol–water partition coefficient (Wildman–Crippen LogP) is 1.11. The molecule has 0 aliphatic heterocycles. The van der Waals surface area contributed by atoms with Crippen molar-refractivity contribution < 1.29 is 0 Å². The molecule has 0 aromatic rings. The number of hydrogen-bond acceptors (Lipinski definition) is 3. The summed E-state index contributed by atoms with van der Waals surface area (Å²) in [6.45, 7) is 11.4. The Morgan fingerprint density at radius 2 is 1.00 bits per heavy atom. The predicted molar refractivity (Wildman–Crippen MR) is 67.1 cm³/mol. The summed E-state index contributed by atoms with van der Waals surface area (Å²) in [5.74, 6) is 0. The van der Waals surface area contributed by atoms with Gasteiger partial charge < -0.3 is 17.2 Å². The Hall–Kier alpha value is 0.0969. The van der Waals surface area contributed by atoms with Crippen LogP contribution in [0.2, 0.25) is 23.2 Å². The molecule has 4 heteroatoms. The average Bonchev–Trinajstić information content (AvgIpc) is 2.24.